The second-order valence-electron chi connectivity index (χ2n) is 5.59. The Bertz CT molecular complexity index is 497. The Morgan fingerprint density at radius 2 is 1.79 bits per heavy atom. The summed E-state index contributed by atoms with van der Waals surface area (Å²) in [7, 11) is 0. The Kier molecular flexibility index (Phi) is 10.5. The minimum Gasteiger partial charge on any atom is -0.490 e. The molecule has 138 valence electrons. The van der Waals surface area contributed by atoms with Gasteiger partial charge in [0.1, 0.15) is 0 Å². The van der Waals surface area contributed by atoms with E-state index >= 15 is 0 Å². The number of halogens is 1. The lowest BCUT2D eigenvalue weighted by molar-refractivity contribution is 0.0894. The number of carbonyl (C=O) groups excluding carboxylic acids is 1. The van der Waals surface area contributed by atoms with Gasteiger partial charge in [0.15, 0.2) is 11.5 Å². The van der Waals surface area contributed by atoms with Crippen LogP contribution in [0.5, 0.6) is 11.5 Å². The molecule has 0 aliphatic heterocycles. The van der Waals surface area contributed by atoms with Crippen molar-refractivity contribution < 1.29 is 14.3 Å². The summed E-state index contributed by atoms with van der Waals surface area (Å²) in [5, 5.41) is 3.07. The topological polar surface area (TPSA) is 73.6 Å². The summed E-state index contributed by atoms with van der Waals surface area (Å²) in [4.78, 5) is 12.6. The van der Waals surface area contributed by atoms with E-state index in [4.69, 9.17) is 15.2 Å². The van der Waals surface area contributed by atoms with Crippen molar-refractivity contribution in [3.63, 3.8) is 0 Å². The Morgan fingerprint density at radius 3 is 2.29 bits per heavy atom. The zero-order chi connectivity index (χ0) is 17.3. The SMILES string of the molecule is CCCOc1ccc(C(=O)NC(CC)(CC)CN)cc1OCC.Cl. The first-order chi connectivity index (χ1) is 11.1. The molecule has 0 aliphatic rings. The fourth-order valence-electron chi connectivity index (χ4n) is 2.33. The monoisotopic (exact) mass is 358 g/mol. The van der Waals surface area contributed by atoms with Gasteiger partial charge < -0.3 is 20.5 Å². The maximum atomic E-state index is 12.6. The highest BCUT2D eigenvalue weighted by molar-refractivity contribution is 5.95. The number of hydrogen-bond donors (Lipinski definition) is 2. The van der Waals surface area contributed by atoms with Gasteiger partial charge in [-0.2, -0.15) is 0 Å². The van der Waals surface area contributed by atoms with E-state index < -0.39 is 0 Å². The fourth-order valence-corrected chi connectivity index (χ4v) is 2.33. The van der Waals surface area contributed by atoms with Crippen LogP contribution in [-0.2, 0) is 0 Å². The molecule has 24 heavy (non-hydrogen) atoms. The Hall–Kier alpha value is -1.46. The molecule has 1 aromatic rings. The van der Waals surface area contributed by atoms with E-state index in [0.29, 0.717) is 36.8 Å². The molecule has 5 nitrogen and oxygen atoms in total. The minimum atomic E-state index is -0.361. The molecular weight excluding hydrogens is 328 g/mol. The number of nitrogens with one attached hydrogen (secondary N) is 1. The average molecular weight is 359 g/mol. The van der Waals surface area contributed by atoms with Crippen LogP contribution in [0.4, 0.5) is 0 Å². The predicted octanol–water partition coefficient (Wildman–Crippen LogP) is 3.54. The van der Waals surface area contributed by atoms with E-state index in [9.17, 15) is 4.79 Å². The first-order valence-corrected chi connectivity index (χ1v) is 8.48. The van der Waals surface area contributed by atoms with Crippen molar-refractivity contribution in [3.8, 4) is 11.5 Å². The molecule has 0 atom stereocenters. The van der Waals surface area contributed by atoms with Gasteiger partial charge in [-0.15, -0.1) is 12.4 Å². The largest absolute Gasteiger partial charge is 0.490 e. The molecule has 0 spiro atoms. The Balaban J connectivity index is 0.00000529. The summed E-state index contributed by atoms with van der Waals surface area (Å²) in [6, 6.07) is 5.28. The van der Waals surface area contributed by atoms with Gasteiger partial charge in [0.25, 0.3) is 5.91 Å². The number of benzene rings is 1. The lowest BCUT2D eigenvalue weighted by Crippen LogP contribution is -2.52. The molecule has 6 heteroatoms. The second kappa shape index (κ2) is 11.2. The van der Waals surface area contributed by atoms with Crippen molar-refractivity contribution in [2.24, 2.45) is 5.73 Å². The highest BCUT2D eigenvalue weighted by Gasteiger charge is 2.27. The number of hydrogen-bond acceptors (Lipinski definition) is 4. The van der Waals surface area contributed by atoms with E-state index in [0.717, 1.165) is 19.3 Å². The molecule has 3 N–H and O–H groups in total. The molecular formula is C18H31ClN2O3. The number of rotatable bonds is 10. The summed E-state index contributed by atoms with van der Waals surface area (Å²) < 4.78 is 11.3. The van der Waals surface area contributed by atoms with Gasteiger partial charge in [-0.3, -0.25) is 4.79 Å². The smallest absolute Gasteiger partial charge is 0.251 e. The molecule has 1 aromatic carbocycles. The zero-order valence-electron chi connectivity index (χ0n) is 15.2. The summed E-state index contributed by atoms with van der Waals surface area (Å²) in [5.41, 5.74) is 6.04. The molecule has 1 rings (SSSR count). The fraction of sp³-hybridized carbons (Fsp3) is 0.611. The molecule has 0 unspecified atom stereocenters. The third-order valence-electron chi connectivity index (χ3n) is 4.09. The van der Waals surface area contributed by atoms with Crippen molar-refractivity contribution in [2.75, 3.05) is 19.8 Å². The van der Waals surface area contributed by atoms with Crippen LogP contribution in [0.15, 0.2) is 18.2 Å². The van der Waals surface area contributed by atoms with Gasteiger partial charge in [-0.25, -0.2) is 0 Å². The highest BCUT2D eigenvalue weighted by Crippen LogP contribution is 2.29. The molecule has 0 aromatic heterocycles. The molecule has 0 bridgehead atoms. The van der Waals surface area contributed by atoms with Gasteiger partial charge in [-0.1, -0.05) is 20.8 Å². The maximum Gasteiger partial charge on any atom is 0.251 e. The standard InChI is InChI=1S/C18H30N2O3.ClH/c1-5-11-23-15-10-9-14(12-16(15)22-8-4)17(21)20-18(6-2,7-3)13-19;/h9-10,12H,5-8,11,13,19H2,1-4H3,(H,20,21);1H. The Morgan fingerprint density at radius 1 is 1.12 bits per heavy atom. The van der Waals surface area contributed by atoms with Gasteiger partial charge in [0.2, 0.25) is 0 Å². The van der Waals surface area contributed by atoms with Crippen molar-refractivity contribution in [2.45, 2.75) is 52.5 Å². The van der Waals surface area contributed by atoms with Gasteiger partial charge in [-0.05, 0) is 44.4 Å². The molecule has 0 saturated heterocycles. The van der Waals surface area contributed by atoms with E-state index in [1.165, 1.54) is 0 Å². The third-order valence-corrected chi connectivity index (χ3v) is 4.09. The van der Waals surface area contributed by atoms with Crippen LogP contribution < -0.4 is 20.5 Å². The van der Waals surface area contributed by atoms with Crippen LogP contribution >= 0.6 is 12.4 Å². The zero-order valence-corrected chi connectivity index (χ0v) is 16.0. The van der Waals surface area contributed by atoms with Crippen LogP contribution in [0, 0.1) is 0 Å². The molecule has 0 radical (unpaired) electrons. The number of ether oxygens (including phenoxy) is 2. The van der Waals surface area contributed by atoms with Crippen LogP contribution in [-0.4, -0.2) is 31.2 Å². The van der Waals surface area contributed by atoms with Crippen molar-refractivity contribution in [1.82, 2.24) is 5.32 Å². The maximum absolute atomic E-state index is 12.6. The Labute approximate surface area is 151 Å². The number of carbonyl (C=O) groups is 1. The first-order valence-electron chi connectivity index (χ1n) is 8.48. The molecule has 0 saturated carbocycles. The normalized spacial score (nSPS) is 10.7. The summed E-state index contributed by atoms with van der Waals surface area (Å²) >= 11 is 0. The van der Waals surface area contributed by atoms with Crippen LogP contribution in [0.3, 0.4) is 0 Å². The third kappa shape index (κ3) is 5.87. The van der Waals surface area contributed by atoms with Gasteiger partial charge in [0, 0.05) is 12.1 Å². The number of amides is 1. The van der Waals surface area contributed by atoms with Crippen molar-refractivity contribution >= 4 is 18.3 Å². The van der Waals surface area contributed by atoms with Crippen LogP contribution in [0.25, 0.3) is 0 Å². The van der Waals surface area contributed by atoms with E-state index in [-0.39, 0.29) is 23.9 Å². The van der Waals surface area contributed by atoms with Crippen molar-refractivity contribution in [3.05, 3.63) is 23.8 Å². The molecule has 0 heterocycles. The molecule has 0 fully saturated rings. The lowest BCUT2D eigenvalue weighted by atomic mass is 9.92. The summed E-state index contributed by atoms with van der Waals surface area (Å²) in [6.07, 6.45) is 2.50. The lowest BCUT2D eigenvalue weighted by Gasteiger charge is -2.31. The van der Waals surface area contributed by atoms with Gasteiger partial charge in [0.05, 0.1) is 18.8 Å². The number of nitrogens with two attached hydrogens (primary N) is 1. The molecule has 0 aliphatic carbocycles. The minimum absolute atomic E-state index is 0. The quantitative estimate of drug-likeness (QED) is 0.670. The van der Waals surface area contributed by atoms with Crippen molar-refractivity contribution in [1.29, 1.82) is 0 Å². The van der Waals surface area contributed by atoms with Crippen LogP contribution in [0.2, 0.25) is 0 Å². The first kappa shape index (κ1) is 22.5. The predicted molar refractivity (Wildman–Crippen MR) is 100 cm³/mol. The van der Waals surface area contributed by atoms with E-state index in [1.54, 1.807) is 18.2 Å². The average Bonchev–Trinajstić information content (AvgIpc) is 2.58. The van der Waals surface area contributed by atoms with Crippen LogP contribution in [0.1, 0.15) is 57.3 Å². The summed E-state index contributed by atoms with van der Waals surface area (Å²) in [6.45, 7) is 9.57. The van der Waals surface area contributed by atoms with E-state index in [2.05, 4.69) is 5.32 Å². The molecule has 1 amide bonds. The second-order valence-corrected chi connectivity index (χ2v) is 5.59. The highest BCUT2D eigenvalue weighted by atomic mass is 35.5. The van der Waals surface area contributed by atoms with E-state index in [1.807, 2.05) is 27.7 Å². The van der Waals surface area contributed by atoms with Gasteiger partial charge >= 0.3 is 0 Å². The summed E-state index contributed by atoms with van der Waals surface area (Å²) in [5.74, 6) is 1.13.